The van der Waals surface area contributed by atoms with Crippen molar-refractivity contribution in [2.24, 2.45) is 0 Å². The Balaban J connectivity index is 3.04. The van der Waals surface area contributed by atoms with Crippen LogP contribution < -0.4 is 0 Å². The molecule has 0 fully saturated rings. The SMILES string of the molecule is CC(Cl)CC(C)c1ccc(F)c(C(F)(F)F)c1. The van der Waals surface area contributed by atoms with E-state index in [2.05, 4.69) is 0 Å². The van der Waals surface area contributed by atoms with Crippen molar-refractivity contribution in [3.63, 3.8) is 0 Å². The molecule has 0 amide bonds. The molecule has 0 radical (unpaired) electrons. The maximum Gasteiger partial charge on any atom is 0.419 e. The average molecular weight is 269 g/mol. The van der Waals surface area contributed by atoms with E-state index in [0.717, 1.165) is 12.1 Å². The molecule has 0 spiro atoms. The van der Waals surface area contributed by atoms with Crippen molar-refractivity contribution in [2.75, 3.05) is 0 Å². The van der Waals surface area contributed by atoms with Gasteiger partial charge < -0.3 is 0 Å². The van der Waals surface area contributed by atoms with Crippen LogP contribution in [0.5, 0.6) is 0 Å². The Morgan fingerprint density at radius 3 is 2.29 bits per heavy atom. The quantitative estimate of drug-likeness (QED) is 0.536. The first kappa shape index (κ1) is 14.3. The smallest absolute Gasteiger partial charge is 0.206 e. The Hall–Kier alpha value is -0.770. The van der Waals surface area contributed by atoms with Crippen molar-refractivity contribution in [3.05, 3.63) is 35.1 Å². The fourth-order valence-electron chi connectivity index (χ4n) is 1.69. The van der Waals surface area contributed by atoms with Gasteiger partial charge in [-0.3, -0.25) is 0 Å². The van der Waals surface area contributed by atoms with E-state index in [-0.39, 0.29) is 11.3 Å². The van der Waals surface area contributed by atoms with Crippen molar-refractivity contribution in [1.82, 2.24) is 0 Å². The molecule has 0 heterocycles. The number of alkyl halides is 4. The van der Waals surface area contributed by atoms with Gasteiger partial charge >= 0.3 is 6.18 Å². The molecular formula is C12H13ClF4. The number of rotatable bonds is 3. The molecule has 0 aromatic heterocycles. The zero-order chi connectivity index (χ0) is 13.2. The Morgan fingerprint density at radius 2 is 1.82 bits per heavy atom. The van der Waals surface area contributed by atoms with Gasteiger partial charge in [0.2, 0.25) is 0 Å². The van der Waals surface area contributed by atoms with E-state index >= 15 is 0 Å². The van der Waals surface area contributed by atoms with Crippen molar-refractivity contribution in [1.29, 1.82) is 0 Å². The highest BCUT2D eigenvalue weighted by Gasteiger charge is 2.34. The van der Waals surface area contributed by atoms with E-state index in [0.29, 0.717) is 12.0 Å². The van der Waals surface area contributed by atoms with Gasteiger partial charge in [0.25, 0.3) is 0 Å². The minimum absolute atomic E-state index is 0.135. The summed E-state index contributed by atoms with van der Waals surface area (Å²) in [5.41, 5.74) is -0.768. The van der Waals surface area contributed by atoms with Gasteiger partial charge in [0.05, 0.1) is 5.56 Å². The van der Waals surface area contributed by atoms with Crippen LogP contribution in [-0.4, -0.2) is 5.38 Å². The molecule has 2 unspecified atom stereocenters. The Labute approximate surface area is 103 Å². The van der Waals surface area contributed by atoms with Crippen molar-refractivity contribution in [3.8, 4) is 0 Å². The highest BCUT2D eigenvalue weighted by molar-refractivity contribution is 6.20. The summed E-state index contributed by atoms with van der Waals surface area (Å²) >= 11 is 5.79. The van der Waals surface area contributed by atoms with Crippen LogP contribution >= 0.6 is 11.6 Å². The zero-order valence-corrected chi connectivity index (χ0v) is 10.2. The van der Waals surface area contributed by atoms with E-state index in [1.165, 1.54) is 6.07 Å². The lowest BCUT2D eigenvalue weighted by molar-refractivity contribution is -0.140. The number of hydrogen-bond acceptors (Lipinski definition) is 0. The Bertz CT molecular complexity index is 385. The van der Waals surface area contributed by atoms with E-state index in [1.807, 2.05) is 0 Å². The molecule has 1 aromatic carbocycles. The van der Waals surface area contributed by atoms with Gasteiger partial charge in [-0.15, -0.1) is 11.6 Å². The molecule has 0 N–H and O–H groups in total. The minimum Gasteiger partial charge on any atom is -0.206 e. The molecule has 0 aliphatic heterocycles. The Morgan fingerprint density at radius 1 is 1.24 bits per heavy atom. The third-order valence-electron chi connectivity index (χ3n) is 2.54. The Kier molecular flexibility index (Phi) is 4.42. The first-order valence-electron chi connectivity index (χ1n) is 5.22. The van der Waals surface area contributed by atoms with Crippen LogP contribution in [0.2, 0.25) is 0 Å². The van der Waals surface area contributed by atoms with Crippen LogP contribution in [0.25, 0.3) is 0 Å². The molecular weight excluding hydrogens is 256 g/mol. The summed E-state index contributed by atoms with van der Waals surface area (Å²) in [6, 6.07) is 3.08. The van der Waals surface area contributed by atoms with E-state index in [4.69, 9.17) is 11.6 Å². The van der Waals surface area contributed by atoms with Crippen LogP contribution in [0, 0.1) is 5.82 Å². The van der Waals surface area contributed by atoms with Crippen molar-refractivity contribution in [2.45, 2.75) is 37.7 Å². The predicted octanol–water partition coefficient (Wildman–Crippen LogP) is 4.97. The summed E-state index contributed by atoms with van der Waals surface area (Å²) in [5, 5.41) is -0.135. The second kappa shape index (κ2) is 5.25. The third kappa shape index (κ3) is 3.87. The minimum atomic E-state index is -4.66. The standard InChI is InChI=1S/C12H13ClF4/c1-7(5-8(2)13)9-3-4-11(14)10(6-9)12(15,16)17/h3-4,6-8H,5H2,1-2H3. The topological polar surface area (TPSA) is 0 Å². The largest absolute Gasteiger partial charge is 0.419 e. The highest BCUT2D eigenvalue weighted by Crippen LogP contribution is 2.34. The molecule has 0 nitrogen and oxygen atoms in total. The summed E-state index contributed by atoms with van der Waals surface area (Å²) in [4.78, 5) is 0. The van der Waals surface area contributed by atoms with Gasteiger partial charge in [-0.25, -0.2) is 4.39 Å². The van der Waals surface area contributed by atoms with Gasteiger partial charge in [-0.05, 0) is 37.0 Å². The van der Waals surface area contributed by atoms with Crippen LogP contribution in [0.15, 0.2) is 18.2 Å². The maximum absolute atomic E-state index is 13.0. The monoisotopic (exact) mass is 268 g/mol. The molecule has 0 aliphatic rings. The fourth-order valence-corrected chi connectivity index (χ4v) is 1.96. The van der Waals surface area contributed by atoms with Gasteiger partial charge in [-0.1, -0.05) is 13.0 Å². The second-order valence-electron chi connectivity index (χ2n) is 4.15. The normalized spacial score (nSPS) is 15.7. The van der Waals surface area contributed by atoms with Crippen LogP contribution in [0.1, 0.15) is 37.3 Å². The van der Waals surface area contributed by atoms with Gasteiger partial charge in [-0.2, -0.15) is 13.2 Å². The average Bonchev–Trinajstić information content (AvgIpc) is 2.15. The molecule has 0 saturated carbocycles. The number of benzene rings is 1. The lowest BCUT2D eigenvalue weighted by Crippen LogP contribution is -2.10. The second-order valence-corrected chi connectivity index (χ2v) is 4.90. The van der Waals surface area contributed by atoms with Gasteiger partial charge in [0.1, 0.15) is 5.82 Å². The summed E-state index contributed by atoms with van der Waals surface area (Å²) < 4.78 is 50.5. The molecule has 1 aromatic rings. The van der Waals surface area contributed by atoms with Crippen LogP contribution in [-0.2, 0) is 6.18 Å². The van der Waals surface area contributed by atoms with E-state index in [9.17, 15) is 17.6 Å². The lowest BCUT2D eigenvalue weighted by atomic mass is 9.94. The van der Waals surface area contributed by atoms with Crippen LogP contribution in [0.3, 0.4) is 0 Å². The predicted molar refractivity (Wildman–Crippen MR) is 59.7 cm³/mol. The molecule has 0 bridgehead atoms. The first-order chi connectivity index (χ1) is 7.71. The number of halogens is 5. The summed E-state index contributed by atoms with van der Waals surface area (Å²) in [6.45, 7) is 3.54. The maximum atomic E-state index is 13.0. The summed E-state index contributed by atoms with van der Waals surface area (Å²) in [7, 11) is 0. The van der Waals surface area contributed by atoms with Crippen molar-refractivity contribution >= 4 is 11.6 Å². The molecule has 2 atom stereocenters. The first-order valence-corrected chi connectivity index (χ1v) is 5.66. The van der Waals surface area contributed by atoms with Gasteiger partial charge in [0.15, 0.2) is 0 Å². The molecule has 96 valence electrons. The molecule has 0 saturated heterocycles. The zero-order valence-electron chi connectivity index (χ0n) is 9.48. The molecule has 0 aliphatic carbocycles. The summed E-state index contributed by atoms with van der Waals surface area (Å²) in [5.74, 6) is -1.38. The van der Waals surface area contributed by atoms with E-state index in [1.54, 1.807) is 13.8 Å². The van der Waals surface area contributed by atoms with Crippen molar-refractivity contribution < 1.29 is 17.6 Å². The highest BCUT2D eigenvalue weighted by atomic mass is 35.5. The molecule has 17 heavy (non-hydrogen) atoms. The number of hydrogen-bond donors (Lipinski definition) is 0. The third-order valence-corrected chi connectivity index (χ3v) is 2.72. The van der Waals surface area contributed by atoms with Gasteiger partial charge in [0, 0.05) is 5.38 Å². The summed E-state index contributed by atoms with van der Waals surface area (Å²) in [6.07, 6.45) is -4.11. The van der Waals surface area contributed by atoms with E-state index < -0.39 is 17.6 Å². The fraction of sp³-hybridized carbons (Fsp3) is 0.500. The molecule has 1 rings (SSSR count). The molecule has 5 heteroatoms. The lowest BCUT2D eigenvalue weighted by Gasteiger charge is -2.16. The van der Waals surface area contributed by atoms with Crippen LogP contribution in [0.4, 0.5) is 17.6 Å².